The molecule has 124 valence electrons. The zero-order valence-corrected chi connectivity index (χ0v) is 15.9. The quantitative estimate of drug-likeness (QED) is 0.347. The first-order valence-electron chi connectivity index (χ1n) is 7.49. The lowest BCUT2D eigenvalue weighted by Gasteiger charge is -2.01. The average molecular weight is 407 g/mol. The lowest BCUT2D eigenvalue weighted by atomic mass is 10.1. The molecule has 0 N–H and O–H groups in total. The number of benzene rings is 2. The maximum Gasteiger partial charge on any atom is 0.356 e. The van der Waals surface area contributed by atoms with Crippen LogP contribution >= 0.6 is 28.6 Å². The molecule has 3 aromatic rings. The first kappa shape index (κ1) is 18.4. The zero-order chi connectivity index (χ0) is 16.4. The van der Waals surface area contributed by atoms with Gasteiger partial charge in [-0.2, -0.15) is 0 Å². The van der Waals surface area contributed by atoms with E-state index in [4.69, 9.17) is 11.6 Å². The van der Waals surface area contributed by atoms with E-state index in [0.29, 0.717) is 17.4 Å². The molecule has 0 aliphatic carbocycles. The number of halogens is 2. The summed E-state index contributed by atoms with van der Waals surface area (Å²) in [6.45, 7) is 6.59. The van der Waals surface area contributed by atoms with Crippen LogP contribution in [0.1, 0.15) is 15.9 Å². The standard InChI is InChI=1S/C19H18ClN2O.BrH/c1-3-12-21-16-6-4-5-7-17(16)22(19(21)20)13-18(23)15-10-8-14(2)9-11-15;/h3-11H,1,12-13H2,2H3;1H/q+1;. The van der Waals surface area contributed by atoms with Gasteiger partial charge in [-0.15, -0.1) is 17.0 Å². The summed E-state index contributed by atoms with van der Waals surface area (Å²) in [5, 5.41) is 0.534. The molecule has 0 atom stereocenters. The Balaban J connectivity index is 0.00000208. The average Bonchev–Trinajstić information content (AvgIpc) is 2.82. The van der Waals surface area contributed by atoms with Crippen molar-refractivity contribution in [2.75, 3.05) is 0 Å². The van der Waals surface area contributed by atoms with Crippen molar-refractivity contribution in [3.05, 3.63) is 77.6 Å². The molecule has 0 spiro atoms. The van der Waals surface area contributed by atoms with E-state index in [0.717, 1.165) is 16.6 Å². The fraction of sp³-hybridized carbons (Fsp3) is 0.158. The van der Waals surface area contributed by atoms with Gasteiger partial charge < -0.3 is 0 Å². The van der Waals surface area contributed by atoms with E-state index in [-0.39, 0.29) is 29.3 Å². The van der Waals surface area contributed by atoms with Crippen LogP contribution in [0.4, 0.5) is 0 Å². The van der Waals surface area contributed by atoms with Crippen LogP contribution < -0.4 is 4.57 Å². The molecule has 0 amide bonds. The molecule has 0 aliphatic rings. The van der Waals surface area contributed by atoms with E-state index >= 15 is 0 Å². The predicted molar refractivity (Wildman–Crippen MR) is 103 cm³/mol. The van der Waals surface area contributed by atoms with Crippen LogP contribution in [0.25, 0.3) is 11.0 Å². The molecular formula is C19H19BrClN2O+. The van der Waals surface area contributed by atoms with Gasteiger partial charge in [0.25, 0.3) is 0 Å². The molecule has 3 nitrogen and oxygen atoms in total. The van der Waals surface area contributed by atoms with E-state index in [9.17, 15) is 4.79 Å². The Bertz CT molecular complexity index is 884. The summed E-state index contributed by atoms with van der Waals surface area (Å²) in [5.74, 6) is 0.0402. The SMILES string of the molecule is Br.C=CCn1c(Cl)[n+](CC(=O)c2ccc(C)cc2)c2ccccc21. The Morgan fingerprint density at radius 1 is 1.21 bits per heavy atom. The fourth-order valence-corrected chi connectivity index (χ4v) is 3.00. The third kappa shape index (κ3) is 3.45. The van der Waals surface area contributed by atoms with Gasteiger partial charge in [-0.3, -0.25) is 4.79 Å². The summed E-state index contributed by atoms with van der Waals surface area (Å²) in [6.07, 6.45) is 1.80. The van der Waals surface area contributed by atoms with Crippen LogP contribution in [0.15, 0.2) is 61.2 Å². The normalized spacial score (nSPS) is 10.4. The minimum Gasteiger partial charge on any atom is -0.290 e. The van der Waals surface area contributed by atoms with Crippen LogP contribution in [0.5, 0.6) is 0 Å². The summed E-state index contributed by atoms with van der Waals surface area (Å²) in [6, 6.07) is 15.5. The van der Waals surface area contributed by atoms with Crippen LogP contribution in [0.2, 0.25) is 5.28 Å². The lowest BCUT2D eigenvalue weighted by Crippen LogP contribution is -2.38. The molecule has 0 aliphatic heterocycles. The number of fused-ring (bicyclic) bond motifs is 1. The highest BCUT2D eigenvalue weighted by Gasteiger charge is 2.24. The van der Waals surface area contributed by atoms with Crippen molar-refractivity contribution < 1.29 is 9.36 Å². The summed E-state index contributed by atoms with van der Waals surface area (Å²) in [5.41, 5.74) is 3.77. The minimum absolute atomic E-state index is 0. The van der Waals surface area contributed by atoms with Crippen molar-refractivity contribution in [1.82, 2.24) is 4.57 Å². The van der Waals surface area contributed by atoms with Gasteiger partial charge in [-0.1, -0.05) is 54.6 Å². The topological polar surface area (TPSA) is 25.9 Å². The first-order chi connectivity index (χ1) is 11.1. The maximum atomic E-state index is 12.6. The highest BCUT2D eigenvalue weighted by molar-refractivity contribution is 8.93. The number of ketones is 1. The fourth-order valence-electron chi connectivity index (χ4n) is 2.69. The predicted octanol–water partition coefficient (Wildman–Crippen LogP) is 4.54. The molecule has 3 rings (SSSR count). The lowest BCUT2D eigenvalue weighted by molar-refractivity contribution is -0.655. The third-order valence-electron chi connectivity index (χ3n) is 3.90. The summed E-state index contributed by atoms with van der Waals surface area (Å²) in [4.78, 5) is 12.6. The number of nitrogens with zero attached hydrogens (tertiary/aromatic N) is 2. The third-order valence-corrected chi connectivity index (χ3v) is 4.30. The van der Waals surface area contributed by atoms with Gasteiger partial charge in [-0.05, 0) is 19.1 Å². The number of rotatable bonds is 5. The number of aromatic nitrogens is 2. The highest BCUT2D eigenvalue weighted by Crippen LogP contribution is 2.18. The second-order valence-corrected chi connectivity index (χ2v) is 5.87. The van der Waals surface area contributed by atoms with Gasteiger partial charge in [0.15, 0.2) is 17.6 Å². The van der Waals surface area contributed by atoms with Gasteiger partial charge in [0.1, 0.15) is 6.54 Å². The van der Waals surface area contributed by atoms with Gasteiger partial charge in [-0.25, -0.2) is 9.13 Å². The van der Waals surface area contributed by atoms with E-state index in [1.165, 1.54) is 0 Å². The Hall–Kier alpha value is -1.91. The number of Topliss-reactive ketones (excluding diaryl/α,β-unsaturated/α-hetero) is 1. The molecule has 0 saturated heterocycles. The van der Waals surface area contributed by atoms with Gasteiger partial charge >= 0.3 is 5.28 Å². The molecule has 5 heteroatoms. The first-order valence-corrected chi connectivity index (χ1v) is 7.87. The van der Waals surface area contributed by atoms with Gasteiger partial charge in [0.2, 0.25) is 5.78 Å². The molecule has 0 unspecified atom stereocenters. The Kier molecular flexibility index (Phi) is 5.97. The smallest absolute Gasteiger partial charge is 0.290 e. The van der Waals surface area contributed by atoms with E-state index in [1.807, 2.05) is 64.6 Å². The number of imidazole rings is 1. The van der Waals surface area contributed by atoms with Crippen molar-refractivity contribution in [3.63, 3.8) is 0 Å². The monoisotopic (exact) mass is 405 g/mol. The largest absolute Gasteiger partial charge is 0.356 e. The van der Waals surface area contributed by atoms with Gasteiger partial charge in [0.05, 0.1) is 0 Å². The number of allylic oxidation sites excluding steroid dienone is 1. The summed E-state index contributed by atoms with van der Waals surface area (Å²) in [7, 11) is 0. The number of carbonyl (C=O) groups excluding carboxylic acids is 1. The molecule has 0 bridgehead atoms. The van der Waals surface area contributed by atoms with Crippen LogP contribution in [-0.4, -0.2) is 10.4 Å². The highest BCUT2D eigenvalue weighted by atomic mass is 79.9. The van der Waals surface area contributed by atoms with Crippen molar-refractivity contribution in [2.24, 2.45) is 0 Å². The van der Waals surface area contributed by atoms with E-state index in [2.05, 4.69) is 6.58 Å². The number of hydrogen-bond acceptors (Lipinski definition) is 1. The second-order valence-electron chi connectivity index (χ2n) is 5.53. The maximum absolute atomic E-state index is 12.6. The van der Waals surface area contributed by atoms with Crippen molar-refractivity contribution in [3.8, 4) is 0 Å². The molecule has 1 aromatic heterocycles. The second kappa shape index (κ2) is 7.77. The number of carbonyl (C=O) groups is 1. The Morgan fingerprint density at radius 2 is 1.88 bits per heavy atom. The molecule has 0 saturated carbocycles. The Labute approximate surface area is 156 Å². The minimum atomic E-state index is 0. The summed E-state index contributed by atoms with van der Waals surface area (Å²) < 4.78 is 3.80. The Morgan fingerprint density at radius 3 is 2.54 bits per heavy atom. The van der Waals surface area contributed by atoms with E-state index in [1.54, 1.807) is 6.08 Å². The number of aryl methyl sites for hydroxylation is 1. The molecule has 0 fully saturated rings. The van der Waals surface area contributed by atoms with Crippen molar-refractivity contribution in [1.29, 1.82) is 0 Å². The van der Waals surface area contributed by atoms with E-state index < -0.39 is 0 Å². The van der Waals surface area contributed by atoms with Crippen molar-refractivity contribution in [2.45, 2.75) is 20.0 Å². The molecule has 24 heavy (non-hydrogen) atoms. The van der Waals surface area contributed by atoms with Crippen LogP contribution in [-0.2, 0) is 13.1 Å². The zero-order valence-electron chi connectivity index (χ0n) is 13.4. The number of hydrogen-bond donors (Lipinski definition) is 0. The molecule has 0 radical (unpaired) electrons. The van der Waals surface area contributed by atoms with Crippen LogP contribution in [0, 0.1) is 6.92 Å². The van der Waals surface area contributed by atoms with Crippen LogP contribution in [0.3, 0.4) is 0 Å². The summed E-state index contributed by atoms with van der Waals surface area (Å²) >= 11 is 6.51. The van der Waals surface area contributed by atoms with Crippen molar-refractivity contribution >= 4 is 45.4 Å². The number of para-hydroxylation sites is 2. The molecular weight excluding hydrogens is 388 g/mol. The molecule has 1 heterocycles. The van der Waals surface area contributed by atoms with Gasteiger partial charge in [0, 0.05) is 17.2 Å². The molecule has 2 aromatic carbocycles.